The molecule has 0 unspecified atom stereocenters. The first kappa shape index (κ1) is 10.8. The molecule has 0 bridgehead atoms. The van der Waals surface area contributed by atoms with Crippen LogP contribution in [0, 0.1) is 5.41 Å². The molecule has 0 heterocycles. The number of hydrogen-bond donors (Lipinski definition) is 4. The molecule has 78 valence electrons. The van der Waals surface area contributed by atoms with Gasteiger partial charge in [-0.05, 0) is 24.4 Å². The topological polar surface area (TPSA) is 119 Å². The van der Waals surface area contributed by atoms with Gasteiger partial charge in [-0.15, -0.1) is 0 Å². The van der Waals surface area contributed by atoms with E-state index < -0.39 is 5.78 Å². The highest BCUT2D eigenvalue weighted by atomic mass is 16.1. The lowest BCUT2D eigenvalue weighted by Crippen LogP contribution is -2.14. The summed E-state index contributed by atoms with van der Waals surface area (Å²) in [6.45, 7) is 0. The Morgan fingerprint density at radius 3 is 2.60 bits per heavy atom. The molecule has 0 aliphatic carbocycles. The number of carbonyl (C=O) groups excluding carboxylic acids is 1. The first-order valence-corrected chi connectivity index (χ1v) is 4.22. The molecule has 0 amide bonds. The van der Waals surface area contributed by atoms with E-state index in [-0.39, 0.29) is 5.71 Å². The van der Waals surface area contributed by atoms with E-state index in [0.717, 1.165) is 12.3 Å². The number of anilines is 2. The van der Waals surface area contributed by atoms with Crippen molar-refractivity contribution in [2.75, 3.05) is 11.5 Å². The van der Waals surface area contributed by atoms with Gasteiger partial charge in [0.05, 0.1) is 0 Å². The van der Waals surface area contributed by atoms with Crippen LogP contribution in [0.2, 0.25) is 0 Å². The fourth-order valence-corrected chi connectivity index (χ4v) is 1.09. The lowest BCUT2D eigenvalue weighted by atomic mass is 10.0. The van der Waals surface area contributed by atoms with Crippen LogP contribution in [0.25, 0.3) is 0 Å². The summed E-state index contributed by atoms with van der Waals surface area (Å²) in [5.41, 5.74) is 17.1. The zero-order valence-electron chi connectivity index (χ0n) is 8.03. The van der Waals surface area contributed by atoms with Crippen molar-refractivity contribution in [3.05, 3.63) is 36.0 Å². The third-order valence-corrected chi connectivity index (χ3v) is 1.84. The number of hydrogen-bond acceptors (Lipinski definition) is 5. The predicted octanol–water partition coefficient (Wildman–Crippen LogP) is 0.260. The van der Waals surface area contributed by atoms with Crippen molar-refractivity contribution in [2.45, 2.75) is 0 Å². The third kappa shape index (κ3) is 2.34. The summed E-state index contributed by atoms with van der Waals surface area (Å²) in [6.07, 6.45) is 2.18. The molecule has 0 saturated carbocycles. The molecule has 0 saturated heterocycles. The van der Waals surface area contributed by atoms with E-state index in [0.29, 0.717) is 16.9 Å². The van der Waals surface area contributed by atoms with Crippen LogP contribution < -0.4 is 17.2 Å². The SMILES string of the molecule is N=C(C(=O)C=CN)c1cc(N)ccc1N. The van der Waals surface area contributed by atoms with Gasteiger partial charge in [0.15, 0.2) is 0 Å². The zero-order chi connectivity index (χ0) is 11.4. The van der Waals surface area contributed by atoms with Crippen LogP contribution in [-0.2, 0) is 4.79 Å². The van der Waals surface area contributed by atoms with E-state index in [4.69, 9.17) is 22.6 Å². The highest BCUT2D eigenvalue weighted by molar-refractivity contribution is 6.49. The Bertz CT molecular complexity index is 437. The number of ketones is 1. The van der Waals surface area contributed by atoms with E-state index in [9.17, 15) is 4.79 Å². The zero-order valence-corrected chi connectivity index (χ0v) is 8.03. The number of allylic oxidation sites excluding steroid dienone is 1. The van der Waals surface area contributed by atoms with Crippen molar-refractivity contribution >= 4 is 22.9 Å². The fraction of sp³-hybridized carbons (Fsp3) is 0. The Hall–Kier alpha value is -2.30. The maximum atomic E-state index is 11.3. The van der Waals surface area contributed by atoms with Gasteiger partial charge < -0.3 is 17.2 Å². The summed E-state index contributed by atoms with van der Waals surface area (Å²) in [5.74, 6) is -0.505. The van der Waals surface area contributed by atoms with Crippen molar-refractivity contribution < 1.29 is 4.79 Å². The number of rotatable bonds is 3. The quantitative estimate of drug-likeness (QED) is 0.320. The lowest BCUT2D eigenvalue weighted by Gasteiger charge is -2.05. The van der Waals surface area contributed by atoms with Gasteiger partial charge in [-0.25, -0.2) is 0 Å². The minimum Gasteiger partial charge on any atom is -0.404 e. The van der Waals surface area contributed by atoms with Gasteiger partial charge >= 0.3 is 0 Å². The van der Waals surface area contributed by atoms with Crippen LogP contribution in [0.3, 0.4) is 0 Å². The molecule has 0 radical (unpaired) electrons. The van der Waals surface area contributed by atoms with Crippen LogP contribution >= 0.6 is 0 Å². The minimum absolute atomic E-state index is 0.221. The van der Waals surface area contributed by atoms with Gasteiger partial charge in [0.25, 0.3) is 0 Å². The average Bonchev–Trinajstić information content (AvgIpc) is 2.21. The van der Waals surface area contributed by atoms with Gasteiger partial charge in [0.2, 0.25) is 5.78 Å². The predicted molar refractivity (Wildman–Crippen MR) is 60.4 cm³/mol. The number of nitrogen functional groups attached to an aromatic ring is 2. The number of nitrogens with one attached hydrogen (secondary N) is 1. The Labute approximate surface area is 87.1 Å². The molecule has 5 heteroatoms. The van der Waals surface area contributed by atoms with Crippen molar-refractivity contribution in [1.82, 2.24) is 0 Å². The average molecular weight is 204 g/mol. The van der Waals surface area contributed by atoms with E-state index >= 15 is 0 Å². The van der Waals surface area contributed by atoms with Crippen LogP contribution in [0.1, 0.15) is 5.56 Å². The van der Waals surface area contributed by atoms with Crippen LogP contribution in [-0.4, -0.2) is 11.5 Å². The Morgan fingerprint density at radius 1 is 1.33 bits per heavy atom. The van der Waals surface area contributed by atoms with E-state index in [1.165, 1.54) is 6.07 Å². The Balaban J connectivity index is 3.11. The highest BCUT2D eigenvalue weighted by Gasteiger charge is 2.12. The van der Waals surface area contributed by atoms with Gasteiger partial charge in [0, 0.05) is 23.0 Å². The minimum atomic E-state index is -0.505. The molecule has 0 fully saturated rings. The monoisotopic (exact) mass is 204 g/mol. The molecule has 1 rings (SSSR count). The summed E-state index contributed by atoms with van der Waals surface area (Å²) in [6, 6.07) is 4.65. The van der Waals surface area contributed by atoms with Crippen LogP contribution in [0.5, 0.6) is 0 Å². The van der Waals surface area contributed by atoms with Gasteiger partial charge in [-0.3, -0.25) is 10.2 Å². The van der Waals surface area contributed by atoms with Gasteiger partial charge in [-0.2, -0.15) is 0 Å². The van der Waals surface area contributed by atoms with Crippen LogP contribution in [0.15, 0.2) is 30.5 Å². The highest BCUT2D eigenvalue weighted by Crippen LogP contribution is 2.16. The van der Waals surface area contributed by atoms with Gasteiger partial charge in [-0.1, -0.05) is 0 Å². The molecule has 0 aliphatic rings. The maximum Gasteiger partial charge on any atom is 0.205 e. The molecule has 7 N–H and O–H groups in total. The van der Waals surface area contributed by atoms with Crippen molar-refractivity contribution in [3.8, 4) is 0 Å². The number of nitrogens with two attached hydrogens (primary N) is 3. The molecule has 0 atom stereocenters. The van der Waals surface area contributed by atoms with Crippen molar-refractivity contribution in [3.63, 3.8) is 0 Å². The van der Waals surface area contributed by atoms with E-state index in [1.807, 2.05) is 0 Å². The molecule has 0 aromatic heterocycles. The maximum absolute atomic E-state index is 11.3. The second-order valence-electron chi connectivity index (χ2n) is 2.95. The molecular formula is C10H12N4O. The van der Waals surface area contributed by atoms with E-state index in [1.54, 1.807) is 12.1 Å². The third-order valence-electron chi connectivity index (χ3n) is 1.84. The fourth-order valence-electron chi connectivity index (χ4n) is 1.09. The molecule has 0 spiro atoms. The first-order valence-electron chi connectivity index (χ1n) is 4.22. The second kappa shape index (κ2) is 4.28. The molecular weight excluding hydrogens is 192 g/mol. The lowest BCUT2D eigenvalue weighted by molar-refractivity contribution is -0.108. The largest absolute Gasteiger partial charge is 0.404 e. The number of carbonyl (C=O) groups is 1. The summed E-state index contributed by atoms with van der Waals surface area (Å²) < 4.78 is 0. The first-order chi connectivity index (χ1) is 7.06. The standard InChI is InChI=1S/C10H12N4O/c11-4-3-9(15)10(14)7-5-6(12)1-2-8(7)13/h1-5,14H,11-13H2. The summed E-state index contributed by atoms with van der Waals surface area (Å²) in [5, 5.41) is 7.58. The number of benzene rings is 1. The second-order valence-corrected chi connectivity index (χ2v) is 2.95. The van der Waals surface area contributed by atoms with Crippen molar-refractivity contribution in [1.29, 1.82) is 5.41 Å². The summed E-state index contributed by atoms with van der Waals surface area (Å²) >= 11 is 0. The van der Waals surface area contributed by atoms with Crippen molar-refractivity contribution in [2.24, 2.45) is 5.73 Å². The molecule has 1 aromatic carbocycles. The normalized spacial score (nSPS) is 10.4. The van der Waals surface area contributed by atoms with Gasteiger partial charge in [0.1, 0.15) is 5.71 Å². The molecule has 1 aromatic rings. The van der Waals surface area contributed by atoms with Crippen LogP contribution in [0.4, 0.5) is 11.4 Å². The molecule has 0 aliphatic heterocycles. The smallest absolute Gasteiger partial charge is 0.205 e. The Morgan fingerprint density at radius 2 is 2.00 bits per heavy atom. The van der Waals surface area contributed by atoms with E-state index in [2.05, 4.69) is 0 Å². The Kier molecular flexibility index (Phi) is 3.07. The molecule has 5 nitrogen and oxygen atoms in total. The summed E-state index contributed by atoms with van der Waals surface area (Å²) in [4.78, 5) is 11.3. The summed E-state index contributed by atoms with van der Waals surface area (Å²) in [7, 11) is 0. The molecule has 15 heavy (non-hydrogen) atoms.